The molecule has 10 aromatic rings. The Bertz CT molecular complexity index is 3480. The van der Waals surface area contributed by atoms with E-state index in [0.717, 1.165) is 66.7 Å². The van der Waals surface area contributed by atoms with E-state index >= 15 is 0 Å². The van der Waals surface area contributed by atoms with Crippen LogP contribution in [0.5, 0.6) is 0 Å². The van der Waals surface area contributed by atoms with Gasteiger partial charge in [-0.05, 0) is 118 Å². The van der Waals surface area contributed by atoms with Crippen molar-refractivity contribution >= 4 is 103 Å². The average molecular weight is 985 g/mol. The minimum Gasteiger partial charge on any atom is -0.288 e. The molecular formula is C60H34Cl4N4O2. The molecule has 334 valence electrons. The summed E-state index contributed by atoms with van der Waals surface area (Å²) in [6.45, 7) is 0. The van der Waals surface area contributed by atoms with Crippen LogP contribution in [-0.4, -0.2) is 21.5 Å². The molecule has 70 heavy (non-hydrogen) atoms. The Morgan fingerprint density at radius 1 is 0.357 bits per heavy atom. The van der Waals surface area contributed by atoms with Gasteiger partial charge in [0.15, 0.2) is 23.2 Å². The van der Waals surface area contributed by atoms with Gasteiger partial charge in [0.05, 0.1) is 28.0 Å². The van der Waals surface area contributed by atoms with E-state index in [4.69, 9.17) is 56.4 Å². The lowest BCUT2D eigenvalue weighted by atomic mass is 9.94. The Morgan fingerprint density at radius 3 is 1.03 bits per heavy atom. The molecule has 0 fully saturated rings. The van der Waals surface area contributed by atoms with Crippen molar-refractivity contribution in [2.75, 3.05) is 9.80 Å². The van der Waals surface area contributed by atoms with Crippen LogP contribution in [0.25, 0.3) is 66.3 Å². The quantitative estimate of drug-likeness (QED) is 0.117. The fourth-order valence-corrected chi connectivity index (χ4v) is 10.0. The van der Waals surface area contributed by atoms with Gasteiger partial charge in [0.1, 0.15) is 5.82 Å². The summed E-state index contributed by atoms with van der Waals surface area (Å²) in [6.07, 6.45) is 3.50. The molecule has 9 aromatic carbocycles. The van der Waals surface area contributed by atoms with Crippen molar-refractivity contribution in [3.8, 4) is 44.5 Å². The number of allylic oxidation sites excluding steroid dienone is 3. The highest BCUT2D eigenvalue weighted by atomic mass is 35.5. The summed E-state index contributed by atoms with van der Waals surface area (Å²) >= 11 is 26.2. The van der Waals surface area contributed by atoms with Gasteiger partial charge in [0.25, 0.3) is 0 Å². The maximum atomic E-state index is 14.6. The van der Waals surface area contributed by atoms with Crippen LogP contribution in [-0.2, 0) is 0 Å². The zero-order valence-electron chi connectivity index (χ0n) is 36.7. The van der Waals surface area contributed by atoms with Crippen LogP contribution in [0.4, 0.5) is 23.0 Å². The van der Waals surface area contributed by atoms with E-state index in [2.05, 4.69) is 34.1 Å². The molecule has 0 bridgehead atoms. The van der Waals surface area contributed by atoms with Gasteiger partial charge < -0.3 is 0 Å². The number of carbonyl (C=O) groups excluding carboxylic acids is 2. The number of fused-ring (bicyclic) bond motifs is 4. The number of Topliss-reactive ketones (excluding diaryl/α,β-unsaturated/α-hetero) is 2. The van der Waals surface area contributed by atoms with Gasteiger partial charge in [-0.25, -0.2) is 9.97 Å². The molecule has 12 rings (SSSR count). The van der Waals surface area contributed by atoms with E-state index < -0.39 is 0 Å². The second-order valence-corrected chi connectivity index (χ2v) is 18.7. The lowest BCUT2D eigenvalue weighted by molar-refractivity contribution is 0.0988. The highest BCUT2D eigenvalue weighted by Gasteiger charge is 2.42. The molecule has 0 unspecified atom stereocenters. The Morgan fingerprint density at radius 2 is 0.686 bits per heavy atom. The number of ketones is 2. The fourth-order valence-electron chi connectivity index (χ4n) is 9.53. The van der Waals surface area contributed by atoms with Crippen LogP contribution < -0.4 is 9.80 Å². The summed E-state index contributed by atoms with van der Waals surface area (Å²) in [5, 5.41) is 4.11. The number of carbonyl (C=O) groups is 2. The molecule has 1 aliphatic carbocycles. The molecule has 1 aliphatic heterocycles. The topological polar surface area (TPSA) is 66.4 Å². The number of rotatable bonds is 7. The van der Waals surface area contributed by atoms with Gasteiger partial charge in [-0.2, -0.15) is 0 Å². The van der Waals surface area contributed by atoms with E-state index in [-0.39, 0.29) is 17.1 Å². The van der Waals surface area contributed by atoms with Crippen molar-refractivity contribution in [3.05, 3.63) is 249 Å². The van der Waals surface area contributed by atoms with Crippen LogP contribution in [0.2, 0.25) is 20.1 Å². The fraction of sp³-hybridized carbons (Fsp3) is 0. The molecule has 0 N–H and O–H groups in total. The van der Waals surface area contributed by atoms with Crippen molar-refractivity contribution in [1.82, 2.24) is 9.97 Å². The van der Waals surface area contributed by atoms with E-state index in [1.807, 2.05) is 176 Å². The van der Waals surface area contributed by atoms with E-state index in [9.17, 15) is 9.59 Å². The summed E-state index contributed by atoms with van der Waals surface area (Å²) < 4.78 is 0. The minimum absolute atomic E-state index is 0.0348. The Balaban J connectivity index is 1.21. The third-order valence-electron chi connectivity index (χ3n) is 12.8. The molecule has 2 heterocycles. The summed E-state index contributed by atoms with van der Waals surface area (Å²) in [4.78, 5) is 44.3. The molecule has 0 saturated heterocycles. The summed E-state index contributed by atoms with van der Waals surface area (Å²) in [6, 6.07) is 62.3. The average Bonchev–Trinajstić information content (AvgIpc) is 3.81. The van der Waals surface area contributed by atoms with Gasteiger partial charge in [0, 0.05) is 53.5 Å². The number of para-hydroxylation sites is 4. The molecule has 0 amide bonds. The zero-order chi connectivity index (χ0) is 47.6. The van der Waals surface area contributed by atoms with Gasteiger partial charge >= 0.3 is 0 Å². The van der Waals surface area contributed by atoms with Gasteiger partial charge in [-0.1, -0.05) is 168 Å². The van der Waals surface area contributed by atoms with Crippen molar-refractivity contribution in [2.45, 2.75) is 0 Å². The zero-order valence-corrected chi connectivity index (χ0v) is 39.8. The number of hydrogen-bond acceptors (Lipinski definition) is 6. The van der Waals surface area contributed by atoms with Crippen LogP contribution in [0.15, 0.2) is 218 Å². The van der Waals surface area contributed by atoms with Crippen LogP contribution in [0, 0.1) is 0 Å². The predicted octanol–water partition coefficient (Wildman–Crippen LogP) is 17.2. The second kappa shape index (κ2) is 17.6. The molecule has 6 nitrogen and oxygen atoms in total. The largest absolute Gasteiger partial charge is 0.288 e. The number of anilines is 4. The van der Waals surface area contributed by atoms with Crippen molar-refractivity contribution in [3.63, 3.8) is 0 Å². The first-order valence-corrected chi connectivity index (χ1v) is 23.9. The molecule has 0 spiro atoms. The first-order valence-electron chi connectivity index (χ1n) is 22.4. The van der Waals surface area contributed by atoms with Gasteiger partial charge in [-0.3, -0.25) is 19.4 Å². The van der Waals surface area contributed by atoms with Crippen LogP contribution in [0.1, 0.15) is 20.7 Å². The third-order valence-corrected chi connectivity index (χ3v) is 13.8. The first kappa shape index (κ1) is 43.4. The Labute approximate surface area is 422 Å². The maximum absolute atomic E-state index is 14.6. The number of halogens is 4. The molecule has 0 saturated carbocycles. The SMILES string of the molecule is O=C1C(=CC=C2N(c3c(-c4ccc(Cl)cc4)cccc3-c3ccc(Cl)cc3)c3nc4ccccc4nc3N2c2c(-c3ccc(Cl)cc3)cccc2-c2ccc(Cl)cc2)C(=O)c2cc3ccccc3cc21. The minimum atomic E-state index is -0.356. The van der Waals surface area contributed by atoms with E-state index in [0.29, 0.717) is 59.7 Å². The van der Waals surface area contributed by atoms with Crippen LogP contribution >= 0.6 is 46.4 Å². The summed E-state index contributed by atoms with van der Waals surface area (Å²) in [5.41, 5.74) is 10.5. The number of aromatic nitrogens is 2. The van der Waals surface area contributed by atoms with Crippen molar-refractivity contribution < 1.29 is 9.59 Å². The number of benzene rings is 9. The third kappa shape index (κ3) is 7.54. The lowest BCUT2D eigenvalue weighted by Gasteiger charge is -2.30. The predicted molar refractivity (Wildman–Crippen MR) is 287 cm³/mol. The molecule has 2 aliphatic rings. The summed E-state index contributed by atoms with van der Waals surface area (Å²) in [5.74, 6) is 0.834. The van der Waals surface area contributed by atoms with E-state index in [1.54, 1.807) is 6.08 Å². The first-order chi connectivity index (χ1) is 34.2. The lowest BCUT2D eigenvalue weighted by Crippen LogP contribution is -2.24. The van der Waals surface area contributed by atoms with Gasteiger partial charge in [-0.15, -0.1) is 0 Å². The molecule has 10 heteroatoms. The highest BCUT2D eigenvalue weighted by Crippen LogP contribution is 2.56. The maximum Gasteiger partial charge on any atom is 0.197 e. The number of nitrogens with zero attached hydrogens (tertiary/aromatic N) is 4. The monoisotopic (exact) mass is 982 g/mol. The summed E-state index contributed by atoms with van der Waals surface area (Å²) in [7, 11) is 0. The van der Waals surface area contributed by atoms with E-state index in [1.165, 1.54) is 0 Å². The molecule has 1 aromatic heterocycles. The number of hydrogen-bond donors (Lipinski definition) is 0. The molecule has 0 atom stereocenters. The molecular weight excluding hydrogens is 950 g/mol. The Hall–Kier alpha value is -7.84. The normalized spacial score (nSPS) is 13.1. The van der Waals surface area contributed by atoms with Gasteiger partial charge in [0.2, 0.25) is 0 Å². The highest BCUT2D eigenvalue weighted by molar-refractivity contribution is 6.40. The molecule has 0 radical (unpaired) electrons. The van der Waals surface area contributed by atoms with Crippen LogP contribution in [0.3, 0.4) is 0 Å². The standard InChI is InChI=1S/C60H34Cl4N4O2/c61-41-23-15-35(16-24-41)45-9-5-10-46(36-17-25-42(62)26-18-36)55(45)67-54(32-31-49-57(69)50-33-39-7-1-2-8-40(39)34-51(50)58(49)70)68(60-59(67)65-52-13-3-4-14-53(52)66-60)56-47(37-19-27-43(63)28-20-37)11-6-12-48(56)38-21-29-44(64)30-22-38/h1-34H. The Kier molecular flexibility index (Phi) is 10.9. The van der Waals surface area contributed by atoms with Crippen molar-refractivity contribution in [1.29, 1.82) is 0 Å². The second-order valence-electron chi connectivity index (χ2n) is 17.0. The van der Waals surface area contributed by atoms with Crippen molar-refractivity contribution in [2.24, 2.45) is 0 Å². The smallest absolute Gasteiger partial charge is 0.197 e.